The van der Waals surface area contributed by atoms with Crippen LogP contribution in [-0.2, 0) is 0 Å². The van der Waals surface area contributed by atoms with Gasteiger partial charge >= 0.3 is 0 Å². The molecule has 0 bridgehead atoms. The van der Waals surface area contributed by atoms with Crippen molar-refractivity contribution in [2.75, 3.05) is 24.7 Å². The second kappa shape index (κ2) is 7.73. The fourth-order valence-corrected chi connectivity index (χ4v) is 3.35. The topological polar surface area (TPSA) is 59.4 Å². The maximum absolute atomic E-state index is 9.63. The highest BCUT2D eigenvalue weighted by Crippen LogP contribution is 2.32. The van der Waals surface area contributed by atoms with Crippen LogP contribution in [0.5, 0.6) is 0 Å². The summed E-state index contributed by atoms with van der Waals surface area (Å²) >= 11 is 1.71. The second-order valence-electron chi connectivity index (χ2n) is 5.97. The average Bonchev–Trinajstić information content (AvgIpc) is 2.63. The SMILES string of the molecule is CSc1ccc(NC(=N)N2CCC(O)CC2)c(-c2ccccc2)c1. The van der Waals surface area contributed by atoms with E-state index in [-0.39, 0.29) is 6.10 Å². The lowest BCUT2D eigenvalue weighted by Gasteiger charge is -2.32. The third-order valence-electron chi connectivity index (χ3n) is 4.35. The van der Waals surface area contributed by atoms with Crippen molar-refractivity contribution in [2.24, 2.45) is 0 Å². The van der Waals surface area contributed by atoms with E-state index in [1.165, 1.54) is 4.90 Å². The maximum atomic E-state index is 9.63. The fourth-order valence-electron chi connectivity index (χ4n) is 2.91. The number of hydrogen-bond donors (Lipinski definition) is 3. The van der Waals surface area contributed by atoms with Crippen LogP contribution in [0.25, 0.3) is 11.1 Å². The van der Waals surface area contributed by atoms with Crippen molar-refractivity contribution >= 4 is 23.4 Å². The summed E-state index contributed by atoms with van der Waals surface area (Å²) in [7, 11) is 0. The molecule has 0 aliphatic carbocycles. The third kappa shape index (κ3) is 3.91. The molecule has 0 amide bonds. The number of thioether (sulfide) groups is 1. The Morgan fingerprint density at radius 2 is 1.88 bits per heavy atom. The number of aliphatic hydroxyl groups is 1. The molecule has 4 nitrogen and oxygen atoms in total. The molecule has 3 rings (SSSR count). The van der Waals surface area contributed by atoms with Crippen LogP contribution in [0.1, 0.15) is 12.8 Å². The minimum absolute atomic E-state index is 0.227. The highest BCUT2D eigenvalue weighted by atomic mass is 32.2. The Hall–Kier alpha value is -1.98. The zero-order valence-electron chi connectivity index (χ0n) is 13.8. The molecule has 1 aliphatic heterocycles. The summed E-state index contributed by atoms with van der Waals surface area (Å²) in [6.45, 7) is 1.44. The van der Waals surface area contributed by atoms with Crippen LogP contribution in [0.3, 0.4) is 0 Å². The number of rotatable bonds is 3. The highest BCUT2D eigenvalue weighted by Gasteiger charge is 2.19. The van der Waals surface area contributed by atoms with E-state index in [4.69, 9.17) is 5.41 Å². The summed E-state index contributed by atoms with van der Waals surface area (Å²) in [6.07, 6.45) is 3.29. The zero-order valence-corrected chi connectivity index (χ0v) is 14.6. The normalized spacial score (nSPS) is 15.3. The van der Waals surface area contributed by atoms with E-state index in [9.17, 15) is 5.11 Å². The lowest BCUT2D eigenvalue weighted by molar-refractivity contribution is 0.109. The number of hydrogen-bond acceptors (Lipinski definition) is 3. The van der Waals surface area contributed by atoms with Gasteiger partial charge in [0.2, 0.25) is 0 Å². The van der Waals surface area contributed by atoms with Crippen molar-refractivity contribution in [3.05, 3.63) is 48.5 Å². The molecule has 2 aromatic rings. The van der Waals surface area contributed by atoms with Crippen molar-refractivity contribution in [3.63, 3.8) is 0 Å². The molecular formula is C19H23N3OS. The molecule has 1 heterocycles. The first-order valence-corrected chi connectivity index (χ1v) is 9.42. The lowest BCUT2D eigenvalue weighted by atomic mass is 10.0. The molecule has 1 saturated heterocycles. The van der Waals surface area contributed by atoms with Crippen molar-refractivity contribution in [3.8, 4) is 11.1 Å². The second-order valence-corrected chi connectivity index (χ2v) is 6.85. The Morgan fingerprint density at radius 3 is 2.54 bits per heavy atom. The summed E-state index contributed by atoms with van der Waals surface area (Å²) in [6, 6.07) is 16.5. The minimum atomic E-state index is -0.227. The van der Waals surface area contributed by atoms with Crippen molar-refractivity contribution in [2.45, 2.75) is 23.8 Å². The number of nitrogens with zero attached hydrogens (tertiary/aromatic N) is 1. The predicted molar refractivity (Wildman–Crippen MR) is 102 cm³/mol. The van der Waals surface area contributed by atoms with E-state index in [0.29, 0.717) is 5.96 Å². The first-order chi connectivity index (χ1) is 11.7. The summed E-state index contributed by atoms with van der Waals surface area (Å²) in [5.41, 5.74) is 3.18. The lowest BCUT2D eigenvalue weighted by Crippen LogP contribution is -2.42. The number of benzene rings is 2. The Morgan fingerprint density at radius 1 is 1.17 bits per heavy atom. The fraction of sp³-hybridized carbons (Fsp3) is 0.316. The summed E-state index contributed by atoms with van der Waals surface area (Å²) in [4.78, 5) is 3.19. The standard InChI is InChI=1S/C19H23N3OS/c1-24-16-7-8-18(17(13-16)14-5-3-2-4-6-14)21-19(20)22-11-9-15(23)10-12-22/h2-8,13,15,23H,9-12H2,1H3,(H2,20,21). The molecule has 5 heteroatoms. The van der Waals surface area contributed by atoms with Gasteiger partial charge in [0.15, 0.2) is 5.96 Å². The number of guanidine groups is 1. The van der Waals surface area contributed by atoms with E-state index in [2.05, 4.69) is 35.8 Å². The van der Waals surface area contributed by atoms with Gasteiger partial charge < -0.3 is 15.3 Å². The van der Waals surface area contributed by atoms with E-state index in [0.717, 1.165) is 42.7 Å². The number of piperidine rings is 1. The monoisotopic (exact) mass is 341 g/mol. The molecule has 0 aromatic heterocycles. The Labute approximate surface area is 147 Å². The van der Waals surface area contributed by atoms with Gasteiger partial charge in [0.25, 0.3) is 0 Å². The van der Waals surface area contributed by atoms with Crippen molar-refractivity contribution < 1.29 is 5.11 Å². The van der Waals surface area contributed by atoms with Crippen LogP contribution in [0, 0.1) is 5.41 Å². The quantitative estimate of drug-likeness (QED) is 0.450. The van der Waals surface area contributed by atoms with Gasteiger partial charge in [-0.1, -0.05) is 30.3 Å². The number of anilines is 1. The molecule has 0 spiro atoms. The third-order valence-corrected chi connectivity index (χ3v) is 5.07. The van der Waals surface area contributed by atoms with Gasteiger partial charge in [-0.25, -0.2) is 0 Å². The number of aliphatic hydroxyl groups excluding tert-OH is 1. The van der Waals surface area contributed by atoms with Crippen LogP contribution >= 0.6 is 11.8 Å². The minimum Gasteiger partial charge on any atom is -0.393 e. The van der Waals surface area contributed by atoms with E-state index >= 15 is 0 Å². The number of nitrogens with one attached hydrogen (secondary N) is 2. The molecule has 0 unspecified atom stereocenters. The van der Waals surface area contributed by atoms with Crippen LogP contribution < -0.4 is 5.32 Å². The van der Waals surface area contributed by atoms with Crippen LogP contribution in [0.2, 0.25) is 0 Å². The molecule has 126 valence electrons. The Bertz CT molecular complexity index is 697. The molecule has 3 N–H and O–H groups in total. The van der Waals surface area contributed by atoms with Crippen LogP contribution in [0.15, 0.2) is 53.4 Å². The van der Waals surface area contributed by atoms with Gasteiger partial charge in [-0.2, -0.15) is 0 Å². The predicted octanol–water partition coefficient (Wildman–Crippen LogP) is 3.88. The smallest absolute Gasteiger partial charge is 0.195 e. The summed E-state index contributed by atoms with van der Waals surface area (Å²) in [5.74, 6) is 0.399. The zero-order chi connectivity index (χ0) is 16.9. The molecule has 1 aliphatic rings. The molecular weight excluding hydrogens is 318 g/mol. The molecule has 0 radical (unpaired) electrons. The molecule has 1 fully saturated rings. The largest absolute Gasteiger partial charge is 0.393 e. The average molecular weight is 341 g/mol. The molecule has 0 atom stereocenters. The number of likely N-dealkylation sites (tertiary alicyclic amines) is 1. The summed E-state index contributed by atoms with van der Waals surface area (Å²) < 4.78 is 0. The van der Waals surface area contributed by atoms with E-state index < -0.39 is 0 Å². The first-order valence-electron chi connectivity index (χ1n) is 8.19. The molecule has 0 saturated carbocycles. The van der Waals surface area contributed by atoms with Gasteiger partial charge in [-0.05, 0) is 42.9 Å². The Balaban J connectivity index is 1.83. The van der Waals surface area contributed by atoms with Gasteiger partial charge in [-0.15, -0.1) is 11.8 Å². The van der Waals surface area contributed by atoms with E-state index in [1.54, 1.807) is 11.8 Å². The van der Waals surface area contributed by atoms with Gasteiger partial charge in [0, 0.05) is 29.2 Å². The summed E-state index contributed by atoms with van der Waals surface area (Å²) in [5, 5.41) is 21.3. The van der Waals surface area contributed by atoms with Crippen molar-refractivity contribution in [1.29, 1.82) is 5.41 Å². The van der Waals surface area contributed by atoms with Crippen LogP contribution in [-0.4, -0.2) is 41.4 Å². The Kier molecular flexibility index (Phi) is 5.43. The van der Waals surface area contributed by atoms with Gasteiger partial charge in [0.1, 0.15) is 0 Å². The molecule has 24 heavy (non-hydrogen) atoms. The maximum Gasteiger partial charge on any atom is 0.195 e. The van der Waals surface area contributed by atoms with Gasteiger partial charge in [-0.3, -0.25) is 5.41 Å². The van der Waals surface area contributed by atoms with Crippen molar-refractivity contribution in [1.82, 2.24) is 4.90 Å². The molecule has 2 aromatic carbocycles. The highest BCUT2D eigenvalue weighted by molar-refractivity contribution is 7.98. The first kappa shape index (κ1) is 16.9. The van der Waals surface area contributed by atoms with Gasteiger partial charge in [0.05, 0.1) is 6.10 Å². The van der Waals surface area contributed by atoms with Crippen LogP contribution in [0.4, 0.5) is 5.69 Å². The van der Waals surface area contributed by atoms with E-state index in [1.807, 2.05) is 29.2 Å².